The zero-order valence-corrected chi connectivity index (χ0v) is 16.4. The fourth-order valence-corrected chi connectivity index (χ4v) is 4.21. The van der Waals surface area contributed by atoms with Crippen molar-refractivity contribution in [2.75, 3.05) is 5.75 Å². The van der Waals surface area contributed by atoms with E-state index in [2.05, 4.69) is 18.0 Å². The molecular weight excluding hydrogens is 352 g/mol. The third-order valence-corrected chi connectivity index (χ3v) is 5.82. The Morgan fingerprint density at radius 2 is 1.74 bits per heavy atom. The third kappa shape index (κ3) is 4.32. The van der Waals surface area contributed by atoms with Crippen LogP contribution < -0.4 is 0 Å². The molecule has 1 unspecified atom stereocenters. The Morgan fingerprint density at radius 3 is 2.37 bits per heavy atom. The summed E-state index contributed by atoms with van der Waals surface area (Å²) in [5.74, 6) is 0.518. The molecule has 1 heterocycles. The van der Waals surface area contributed by atoms with E-state index >= 15 is 0 Å². The smallest absolute Gasteiger partial charge is 0.146 e. The van der Waals surface area contributed by atoms with Crippen LogP contribution in [0.1, 0.15) is 30.9 Å². The molecule has 0 aliphatic heterocycles. The molecule has 0 bridgehead atoms. The Hall–Kier alpha value is -2.77. The molecule has 0 N–H and O–H groups in total. The second kappa shape index (κ2) is 8.75. The van der Waals surface area contributed by atoms with Crippen molar-refractivity contribution in [3.05, 3.63) is 71.8 Å². The topological polar surface area (TPSA) is 53.8 Å². The zero-order chi connectivity index (χ0) is 19.2. The fourth-order valence-electron chi connectivity index (χ4n) is 2.88. The van der Waals surface area contributed by atoms with Gasteiger partial charge in [-0.2, -0.15) is 5.26 Å². The highest BCUT2D eigenvalue weighted by molar-refractivity contribution is 7.85. The highest BCUT2D eigenvalue weighted by Crippen LogP contribution is 2.31. The molecule has 0 aliphatic rings. The third-order valence-electron chi connectivity index (χ3n) is 4.43. The lowest BCUT2D eigenvalue weighted by Crippen LogP contribution is -2.06. The maximum atomic E-state index is 12.9. The second-order valence-corrected chi connectivity index (χ2v) is 7.97. The number of pyridine rings is 1. The highest BCUT2D eigenvalue weighted by atomic mass is 32.2. The number of nitriles is 1. The molecule has 0 saturated carbocycles. The van der Waals surface area contributed by atoms with Gasteiger partial charge in [-0.05, 0) is 25.0 Å². The summed E-state index contributed by atoms with van der Waals surface area (Å²) in [4.78, 5) is 4.66. The van der Waals surface area contributed by atoms with E-state index in [4.69, 9.17) is 0 Å². The van der Waals surface area contributed by atoms with Crippen molar-refractivity contribution < 1.29 is 4.21 Å². The summed E-state index contributed by atoms with van der Waals surface area (Å²) in [5, 5.41) is 10.2. The fraction of sp³-hybridized carbons (Fsp3) is 0.217. The molecular formula is C23H22N2OS. The van der Waals surface area contributed by atoms with E-state index in [9.17, 15) is 9.47 Å². The number of rotatable bonds is 6. The van der Waals surface area contributed by atoms with Gasteiger partial charge in [-0.1, -0.05) is 73.5 Å². The quantitative estimate of drug-likeness (QED) is 0.572. The van der Waals surface area contributed by atoms with Gasteiger partial charge in [-0.15, -0.1) is 0 Å². The number of benzene rings is 2. The summed E-state index contributed by atoms with van der Waals surface area (Å²) in [5.41, 5.74) is 4.99. The first-order chi connectivity index (χ1) is 13.1. The van der Waals surface area contributed by atoms with Crippen LogP contribution in [0.25, 0.3) is 22.4 Å². The number of hydrogen-bond donors (Lipinski definition) is 0. The maximum absolute atomic E-state index is 12.9. The Labute approximate surface area is 163 Å². The predicted octanol–water partition coefficient (Wildman–Crippen LogP) is 5.50. The average Bonchev–Trinajstić information content (AvgIpc) is 2.72. The molecule has 0 saturated heterocycles. The van der Waals surface area contributed by atoms with Gasteiger partial charge in [0.05, 0.1) is 22.1 Å². The SMILES string of the molecule is CCCCS(=O)c1nc(-c2ccc(C)cc2)cc(-c2ccccc2)c1C#N. The summed E-state index contributed by atoms with van der Waals surface area (Å²) in [7, 11) is -1.30. The van der Waals surface area contributed by atoms with Gasteiger partial charge >= 0.3 is 0 Å². The van der Waals surface area contributed by atoms with Crippen molar-refractivity contribution in [2.45, 2.75) is 31.7 Å². The van der Waals surface area contributed by atoms with Crippen molar-refractivity contribution >= 4 is 10.8 Å². The lowest BCUT2D eigenvalue weighted by molar-refractivity contribution is 0.676. The van der Waals surface area contributed by atoms with Crippen LogP contribution >= 0.6 is 0 Å². The normalized spacial score (nSPS) is 11.7. The number of hydrogen-bond acceptors (Lipinski definition) is 3. The van der Waals surface area contributed by atoms with Crippen LogP contribution in [-0.4, -0.2) is 14.9 Å². The van der Waals surface area contributed by atoms with E-state index < -0.39 is 10.8 Å². The molecule has 136 valence electrons. The van der Waals surface area contributed by atoms with Gasteiger partial charge in [0.25, 0.3) is 0 Å². The van der Waals surface area contributed by atoms with Crippen LogP contribution in [0.15, 0.2) is 65.7 Å². The molecule has 4 heteroatoms. The number of aryl methyl sites for hydroxylation is 1. The van der Waals surface area contributed by atoms with Crippen LogP contribution in [0.5, 0.6) is 0 Å². The number of nitrogens with zero attached hydrogens (tertiary/aromatic N) is 2. The molecule has 0 fully saturated rings. The Kier molecular flexibility index (Phi) is 6.16. The Morgan fingerprint density at radius 1 is 1.04 bits per heavy atom. The van der Waals surface area contributed by atoms with Gasteiger partial charge in [0.1, 0.15) is 11.1 Å². The molecule has 3 aromatic rings. The van der Waals surface area contributed by atoms with E-state index in [0.717, 1.165) is 35.2 Å². The van der Waals surface area contributed by atoms with E-state index in [1.54, 1.807) is 0 Å². The molecule has 0 spiro atoms. The van der Waals surface area contributed by atoms with Gasteiger partial charge in [0.15, 0.2) is 0 Å². The Bertz CT molecular complexity index is 989. The highest BCUT2D eigenvalue weighted by Gasteiger charge is 2.19. The molecule has 0 radical (unpaired) electrons. The summed E-state index contributed by atoms with van der Waals surface area (Å²) in [6, 6.07) is 22.0. The maximum Gasteiger partial charge on any atom is 0.146 e. The predicted molar refractivity (Wildman–Crippen MR) is 111 cm³/mol. The summed E-state index contributed by atoms with van der Waals surface area (Å²) >= 11 is 0. The van der Waals surface area contributed by atoms with Crippen molar-refractivity contribution in [3.8, 4) is 28.5 Å². The number of unbranched alkanes of at least 4 members (excludes halogenated alkanes) is 1. The van der Waals surface area contributed by atoms with Gasteiger partial charge in [0.2, 0.25) is 0 Å². The van der Waals surface area contributed by atoms with Gasteiger partial charge in [-0.25, -0.2) is 4.98 Å². The van der Waals surface area contributed by atoms with Crippen LogP contribution in [0.4, 0.5) is 0 Å². The van der Waals surface area contributed by atoms with E-state index in [1.165, 1.54) is 5.56 Å². The summed E-state index contributed by atoms with van der Waals surface area (Å²) in [6.07, 6.45) is 1.80. The second-order valence-electron chi connectivity index (χ2n) is 6.48. The van der Waals surface area contributed by atoms with Crippen molar-refractivity contribution in [1.82, 2.24) is 4.98 Å². The van der Waals surface area contributed by atoms with E-state index in [0.29, 0.717) is 16.3 Å². The standard InChI is InChI=1S/C23H22N2OS/c1-3-4-14-27(26)23-21(16-24)20(18-8-6-5-7-9-18)15-22(25-23)19-12-10-17(2)11-13-19/h5-13,15H,3-4,14H2,1-2H3. The zero-order valence-electron chi connectivity index (χ0n) is 15.6. The minimum atomic E-state index is -1.30. The minimum Gasteiger partial charge on any atom is -0.253 e. The van der Waals surface area contributed by atoms with E-state index in [-0.39, 0.29) is 0 Å². The molecule has 3 rings (SSSR count). The van der Waals surface area contributed by atoms with Crippen LogP contribution in [0.2, 0.25) is 0 Å². The van der Waals surface area contributed by atoms with Gasteiger partial charge in [0, 0.05) is 16.9 Å². The van der Waals surface area contributed by atoms with Gasteiger partial charge < -0.3 is 0 Å². The lowest BCUT2D eigenvalue weighted by atomic mass is 9.99. The molecule has 0 aliphatic carbocycles. The van der Waals surface area contributed by atoms with Crippen LogP contribution in [0, 0.1) is 18.3 Å². The van der Waals surface area contributed by atoms with E-state index in [1.807, 2.05) is 67.6 Å². The first-order valence-corrected chi connectivity index (χ1v) is 10.4. The molecule has 3 nitrogen and oxygen atoms in total. The largest absolute Gasteiger partial charge is 0.253 e. The van der Waals surface area contributed by atoms with Gasteiger partial charge in [-0.3, -0.25) is 4.21 Å². The van der Waals surface area contributed by atoms with Crippen LogP contribution in [-0.2, 0) is 10.8 Å². The van der Waals surface area contributed by atoms with Crippen molar-refractivity contribution in [3.63, 3.8) is 0 Å². The first kappa shape index (κ1) is 19.0. The lowest BCUT2D eigenvalue weighted by Gasteiger charge is -2.13. The number of aromatic nitrogens is 1. The van der Waals surface area contributed by atoms with Crippen LogP contribution in [0.3, 0.4) is 0 Å². The monoisotopic (exact) mass is 374 g/mol. The average molecular weight is 375 g/mol. The van der Waals surface area contributed by atoms with Crippen molar-refractivity contribution in [1.29, 1.82) is 5.26 Å². The van der Waals surface area contributed by atoms with Crippen molar-refractivity contribution in [2.24, 2.45) is 0 Å². The molecule has 0 amide bonds. The summed E-state index contributed by atoms with van der Waals surface area (Å²) < 4.78 is 12.9. The first-order valence-electron chi connectivity index (χ1n) is 9.10. The minimum absolute atomic E-state index is 0.392. The Balaban J connectivity index is 2.22. The molecule has 27 heavy (non-hydrogen) atoms. The molecule has 1 atom stereocenters. The molecule has 2 aromatic carbocycles. The summed E-state index contributed by atoms with van der Waals surface area (Å²) in [6.45, 7) is 4.10. The molecule has 1 aromatic heterocycles.